The smallest absolute Gasteiger partial charge is 0.266 e. The minimum Gasteiger partial charge on any atom is -0.497 e. The zero-order valence-electron chi connectivity index (χ0n) is 18.0. The molecule has 0 aliphatic carbocycles. The number of nitrogens with zero attached hydrogens (tertiary/aromatic N) is 2. The highest BCUT2D eigenvalue weighted by Crippen LogP contribution is 2.21. The van der Waals surface area contributed by atoms with E-state index in [0.29, 0.717) is 31.6 Å². The number of rotatable bonds is 9. The Kier molecular flexibility index (Phi) is 6.65. The summed E-state index contributed by atoms with van der Waals surface area (Å²) in [5.74, 6) is 0.702. The predicted octanol–water partition coefficient (Wildman–Crippen LogP) is 3.54. The monoisotopic (exact) mass is 430 g/mol. The van der Waals surface area contributed by atoms with E-state index < -0.39 is 0 Å². The number of carbonyl (C=O) groups excluding carboxylic acids is 1. The number of nitrogens with one attached hydrogen (secondary N) is 2. The number of methoxy groups -OCH3 is 1. The SMILES string of the molecule is COc1cccc(-c2ccc(=O)n(CCCC(=O)NCCc3c[nH]c4ccccc34)n2)c1. The number of aryl methyl sites for hydroxylation is 1. The highest BCUT2D eigenvalue weighted by atomic mass is 16.5. The molecule has 2 N–H and O–H groups in total. The number of aromatic nitrogens is 3. The number of amides is 1. The summed E-state index contributed by atoms with van der Waals surface area (Å²) in [5.41, 5.74) is 3.66. The van der Waals surface area contributed by atoms with Gasteiger partial charge in [0.2, 0.25) is 5.91 Å². The quantitative estimate of drug-likeness (QED) is 0.425. The van der Waals surface area contributed by atoms with Crippen LogP contribution in [0.3, 0.4) is 0 Å². The number of ether oxygens (including phenoxy) is 1. The first-order valence-corrected chi connectivity index (χ1v) is 10.7. The van der Waals surface area contributed by atoms with Crippen molar-refractivity contribution in [3.05, 3.63) is 82.8 Å². The number of aromatic amines is 1. The lowest BCUT2D eigenvalue weighted by atomic mass is 10.1. The molecule has 0 atom stereocenters. The molecular formula is C25H26N4O3. The lowest BCUT2D eigenvalue weighted by Gasteiger charge is -2.09. The van der Waals surface area contributed by atoms with Crippen LogP contribution in [0.25, 0.3) is 22.2 Å². The Hall–Kier alpha value is -3.87. The van der Waals surface area contributed by atoms with Crippen LogP contribution in [0.4, 0.5) is 0 Å². The number of carbonyl (C=O) groups is 1. The predicted molar refractivity (Wildman–Crippen MR) is 125 cm³/mol. The van der Waals surface area contributed by atoms with Crippen LogP contribution in [0, 0.1) is 0 Å². The molecule has 0 fully saturated rings. The Labute approximate surface area is 186 Å². The average Bonchev–Trinajstić information content (AvgIpc) is 3.23. The van der Waals surface area contributed by atoms with Gasteiger partial charge in [-0.15, -0.1) is 0 Å². The summed E-state index contributed by atoms with van der Waals surface area (Å²) < 4.78 is 6.67. The maximum absolute atomic E-state index is 12.2. The van der Waals surface area contributed by atoms with Crippen LogP contribution in [-0.2, 0) is 17.8 Å². The summed E-state index contributed by atoms with van der Waals surface area (Å²) in [7, 11) is 1.61. The number of H-pyrrole nitrogens is 1. The van der Waals surface area contributed by atoms with Gasteiger partial charge in [-0.25, -0.2) is 4.68 Å². The van der Waals surface area contributed by atoms with Crippen molar-refractivity contribution in [2.75, 3.05) is 13.7 Å². The topological polar surface area (TPSA) is 89.0 Å². The molecule has 4 rings (SSSR count). The van der Waals surface area contributed by atoms with Gasteiger partial charge in [0, 0.05) is 48.2 Å². The minimum atomic E-state index is -0.184. The second-order valence-corrected chi connectivity index (χ2v) is 7.57. The fraction of sp³-hybridized carbons (Fsp3) is 0.240. The Balaban J connectivity index is 1.28. The summed E-state index contributed by atoms with van der Waals surface area (Å²) in [6.07, 6.45) is 3.63. The minimum absolute atomic E-state index is 0.0261. The summed E-state index contributed by atoms with van der Waals surface area (Å²) in [5, 5.41) is 8.60. The van der Waals surface area contributed by atoms with Crippen molar-refractivity contribution in [3.8, 4) is 17.0 Å². The molecule has 32 heavy (non-hydrogen) atoms. The molecule has 2 aromatic carbocycles. The fourth-order valence-corrected chi connectivity index (χ4v) is 3.70. The molecule has 0 aliphatic heterocycles. The Morgan fingerprint density at radius 1 is 1.12 bits per heavy atom. The molecule has 0 spiro atoms. The van der Waals surface area contributed by atoms with Gasteiger partial charge < -0.3 is 15.0 Å². The van der Waals surface area contributed by atoms with Crippen LogP contribution in [0.1, 0.15) is 18.4 Å². The van der Waals surface area contributed by atoms with Gasteiger partial charge in [0.15, 0.2) is 0 Å². The number of para-hydroxylation sites is 1. The normalized spacial score (nSPS) is 10.9. The van der Waals surface area contributed by atoms with E-state index in [9.17, 15) is 9.59 Å². The third-order valence-corrected chi connectivity index (χ3v) is 5.40. The molecular weight excluding hydrogens is 404 g/mol. The van der Waals surface area contributed by atoms with Crippen molar-refractivity contribution in [3.63, 3.8) is 0 Å². The third kappa shape index (κ3) is 5.06. The number of benzene rings is 2. The van der Waals surface area contributed by atoms with Crippen molar-refractivity contribution in [1.82, 2.24) is 20.1 Å². The molecule has 4 aromatic rings. The van der Waals surface area contributed by atoms with Crippen molar-refractivity contribution in [1.29, 1.82) is 0 Å². The molecule has 0 saturated carbocycles. The van der Waals surface area contributed by atoms with Crippen LogP contribution in [0.15, 0.2) is 71.7 Å². The highest BCUT2D eigenvalue weighted by Gasteiger charge is 2.07. The van der Waals surface area contributed by atoms with E-state index in [0.717, 1.165) is 23.3 Å². The molecule has 1 amide bonds. The second kappa shape index (κ2) is 9.96. The molecule has 7 nitrogen and oxygen atoms in total. The van der Waals surface area contributed by atoms with Crippen molar-refractivity contribution in [2.24, 2.45) is 0 Å². The fourth-order valence-electron chi connectivity index (χ4n) is 3.70. The van der Waals surface area contributed by atoms with E-state index in [1.165, 1.54) is 21.7 Å². The molecule has 0 saturated heterocycles. The van der Waals surface area contributed by atoms with Gasteiger partial charge in [0.05, 0.1) is 12.8 Å². The number of fused-ring (bicyclic) bond motifs is 1. The maximum Gasteiger partial charge on any atom is 0.266 e. The summed E-state index contributed by atoms with van der Waals surface area (Å²) >= 11 is 0. The lowest BCUT2D eigenvalue weighted by molar-refractivity contribution is -0.121. The van der Waals surface area contributed by atoms with Gasteiger partial charge in [-0.1, -0.05) is 30.3 Å². The lowest BCUT2D eigenvalue weighted by Crippen LogP contribution is -2.27. The number of hydrogen-bond donors (Lipinski definition) is 2. The Morgan fingerprint density at radius 2 is 2.00 bits per heavy atom. The van der Waals surface area contributed by atoms with E-state index in [1.54, 1.807) is 13.2 Å². The van der Waals surface area contributed by atoms with E-state index in [2.05, 4.69) is 21.5 Å². The van der Waals surface area contributed by atoms with Gasteiger partial charge in [-0.05, 0) is 42.7 Å². The van der Waals surface area contributed by atoms with Crippen LogP contribution in [0.2, 0.25) is 0 Å². The Bertz CT molecular complexity index is 1280. The van der Waals surface area contributed by atoms with Crippen molar-refractivity contribution in [2.45, 2.75) is 25.8 Å². The molecule has 2 aromatic heterocycles. The number of hydrogen-bond acceptors (Lipinski definition) is 4. The van der Waals surface area contributed by atoms with Crippen LogP contribution < -0.4 is 15.6 Å². The molecule has 7 heteroatoms. The zero-order chi connectivity index (χ0) is 22.3. The maximum atomic E-state index is 12.2. The average molecular weight is 431 g/mol. The molecule has 0 radical (unpaired) electrons. The van der Waals surface area contributed by atoms with Gasteiger partial charge in [0.1, 0.15) is 5.75 Å². The van der Waals surface area contributed by atoms with Gasteiger partial charge in [0.25, 0.3) is 5.56 Å². The van der Waals surface area contributed by atoms with Crippen LogP contribution in [-0.4, -0.2) is 34.3 Å². The van der Waals surface area contributed by atoms with E-state index >= 15 is 0 Å². The summed E-state index contributed by atoms with van der Waals surface area (Å²) in [6, 6.07) is 18.9. The van der Waals surface area contributed by atoms with Crippen molar-refractivity contribution >= 4 is 16.8 Å². The van der Waals surface area contributed by atoms with Gasteiger partial charge in [-0.2, -0.15) is 5.10 Å². The first-order valence-electron chi connectivity index (χ1n) is 10.7. The van der Waals surface area contributed by atoms with Crippen LogP contribution in [0.5, 0.6) is 5.75 Å². The molecule has 0 unspecified atom stereocenters. The molecule has 164 valence electrons. The standard InChI is InChI=1S/C25H26N4O3/c1-32-20-7-4-6-18(16-20)22-11-12-25(31)29(28-22)15-5-10-24(30)26-14-13-19-17-27-23-9-3-2-8-21(19)23/h2-4,6-9,11-12,16-17,27H,5,10,13-15H2,1H3,(H,26,30). The molecule has 2 heterocycles. The second-order valence-electron chi connectivity index (χ2n) is 7.57. The first-order chi connectivity index (χ1) is 15.6. The third-order valence-electron chi connectivity index (χ3n) is 5.40. The molecule has 0 bridgehead atoms. The largest absolute Gasteiger partial charge is 0.497 e. The van der Waals surface area contributed by atoms with Gasteiger partial charge in [-0.3, -0.25) is 9.59 Å². The van der Waals surface area contributed by atoms with E-state index in [4.69, 9.17) is 4.74 Å². The van der Waals surface area contributed by atoms with Gasteiger partial charge >= 0.3 is 0 Å². The van der Waals surface area contributed by atoms with E-state index in [-0.39, 0.29) is 11.5 Å². The highest BCUT2D eigenvalue weighted by molar-refractivity contribution is 5.83. The molecule has 0 aliphatic rings. The summed E-state index contributed by atoms with van der Waals surface area (Å²) in [4.78, 5) is 27.7. The zero-order valence-corrected chi connectivity index (χ0v) is 18.0. The van der Waals surface area contributed by atoms with E-state index in [1.807, 2.05) is 48.7 Å². The van der Waals surface area contributed by atoms with Crippen LogP contribution >= 0.6 is 0 Å². The van der Waals surface area contributed by atoms with Crippen molar-refractivity contribution < 1.29 is 9.53 Å². The summed E-state index contributed by atoms with van der Waals surface area (Å²) in [6.45, 7) is 0.955. The first kappa shape index (κ1) is 21.4. The Morgan fingerprint density at radius 3 is 2.88 bits per heavy atom.